The molecule has 32 heavy (non-hydrogen) atoms. The fraction of sp³-hybridized carbons (Fsp3) is 0.250. The quantitative estimate of drug-likeness (QED) is 0.519. The van der Waals surface area contributed by atoms with Gasteiger partial charge < -0.3 is 10.1 Å². The first kappa shape index (κ1) is 23.9. The van der Waals surface area contributed by atoms with Gasteiger partial charge in [0.05, 0.1) is 19.1 Å². The lowest BCUT2D eigenvalue weighted by molar-refractivity contribution is -0.115. The molecular formula is C24H24ClFN2O3S. The summed E-state index contributed by atoms with van der Waals surface area (Å²) in [4.78, 5) is 28.5. The number of esters is 1. The van der Waals surface area contributed by atoms with E-state index in [0.717, 1.165) is 30.0 Å². The van der Waals surface area contributed by atoms with Gasteiger partial charge in [-0.3, -0.25) is 9.69 Å². The van der Waals surface area contributed by atoms with Gasteiger partial charge >= 0.3 is 5.97 Å². The summed E-state index contributed by atoms with van der Waals surface area (Å²) in [6, 6.07) is 16.1. The van der Waals surface area contributed by atoms with Crippen LogP contribution in [-0.2, 0) is 35.5 Å². The van der Waals surface area contributed by atoms with Crippen molar-refractivity contribution in [2.24, 2.45) is 0 Å². The molecule has 2 aromatic carbocycles. The molecule has 5 nitrogen and oxygen atoms in total. The maximum absolute atomic E-state index is 13.1. The molecule has 0 unspecified atom stereocenters. The number of fused-ring (bicyclic) bond motifs is 1. The van der Waals surface area contributed by atoms with E-state index in [2.05, 4.69) is 22.3 Å². The number of halogens is 2. The summed E-state index contributed by atoms with van der Waals surface area (Å²) in [6.45, 7) is 2.37. The minimum atomic E-state index is -0.439. The zero-order valence-electron chi connectivity index (χ0n) is 17.6. The summed E-state index contributed by atoms with van der Waals surface area (Å²) in [5.41, 5.74) is 3.35. The monoisotopic (exact) mass is 474 g/mol. The van der Waals surface area contributed by atoms with Crippen molar-refractivity contribution in [3.8, 4) is 0 Å². The van der Waals surface area contributed by atoms with Crippen LogP contribution in [0.3, 0.4) is 0 Å². The second-order valence-electron chi connectivity index (χ2n) is 7.50. The molecule has 0 saturated carbocycles. The highest BCUT2D eigenvalue weighted by molar-refractivity contribution is 7.17. The average molecular weight is 475 g/mol. The summed E-state index contributed by atoms with van der Waals surface area (Å²) in [5.74, 6) is -1.04. The number of methoxy groups -OCH3 is 1. The van der Waals surface area contributed by atoms with Crippen LogP contribution in [0.1, 0.15) is 31.9 Å². The van der Waals surface area contributed by atoms with E-state index in [1.54, 1.807) is 12.1 Å². The van der Waals surface area contributed by atoms with E-state index in [1.807, 2.05) is 18.2 Å². The number of hydrogen-bond acceptors (Lipinski definition) is 5. The number of benzene rings is 2. The van der Waals surface area contributed by atoms with E-state index < -0.39 is 5.97 Å². The first-order valence-electron chi connectivity index (χ1n) is 10.1. The second-order valence-corrected chi connectivity index (χ2v) is 8.60. The molecule has 1 amide bonds. The number of amides is 1. The lowest BCUT2D eigenvalue weighted by atomic mass is 10.0. The van der Waals surface area contributed by atoms with E-state index in [9.17, 15) is 14.0 Å². The normalized spacial score (nSPS) is 13.1. The molecule has 168 valence electrons. The van der Waals surface area contributed by atoms with Gasteiger partial charge in [0, 0.05) is 24.5 Å². The third-order valence-corrected chi connectivity index (χ3v) is 6.44. The SMILES string of the molecule is COC(=O)c1c(NC(=O)Cc2ccc(F)cc2)sc2c1CCN(Cc1ccccc1)C2.Cl. The van der Waals surface area contributed by atoms with Gasteiger partial charge in [0.2, 0.25) is 5.91 Å². The Morgan fingerprint density at radius 2 is 1.81 bits per heavy atom. The Kier molecular flexibility index (Phi) is 8.01. The number of carbonyl (C=O) groups is 2. The Morgan fingerprint density at radius 3 is 2.50 bits per heavy atom. The smallest absolute Gasteiger partial charge is 0.341 e. The van der Waals surface area contributed by atoms with Crippen LogP contribution in [-0.4, -0.2) is 30.4 Å². The largest absolute Gasteiger partial charge is 0.465 e. The maximum Gasteiger partial charge on any atom is 0.341 e. The van der Waals surface area contributed by atoms with E-state index in [4.69, 9.17) is 4.74 Å². The first-order chi connectivity index (χ1) is 15.0. The number of rotatable bonds is 6. The number of nitrogens with one attached hydrogen (secondary N) is 1. The van der Waals surface area contributed by atoms with Gasteiger partial charge in [0.25, 0.3) is 0 Å². The zero-order valence-corrected chi connectivity index (χ0v) is 19.2. The Hall–Kier alpha value is -2.74. The fourth-order valence-corrected chi connectivity index (χ4v) is 5.09. The minimum absolute atomic E-state index is 0. The maximum atomic E-state index is 13.1. The van der Waals surface area contributed by atoms with E-state index in [-0.39, 0.29) is 30.6 Å². The Balaban J connectivity index is 0.00000289. The molecule has 0 radical (unpaired) electrons. The Labute approximate surface area is 196 Å². The molecule has 8 heteroatoms. The number of anilines is 1. The molecule has 1 aromatic heterocycles. The molecule has 3 aromatic rings. The summed E-state index contributed by atoms with van der Waals surface area (Å²) < 4.78 is 18.1. The van der Waals surface area contributed by atoms with Crippen molar-refractivity contribution in [1.82, 2.24) is 4.90 Å². The van der Waals surface area contributed by atoms with E-state index >= 15 is 0 Å². The highest BCUT2D eigenvalue weighted by atomic mass is 35.5. The summed E-state index contributed by atoms with van der Waals surface area (Å²) in [6.07, 6.45) is 0.820. The van der Waals surface area contributed by atoms with Crippen molar-refractivity contribution in [2.75, 3.05) is 19.0 Å². The summed E-state index contributed by atoms with van der Waals surface area (Å²) in [7, 11) is 1.35. The third-order valence-electron chi connectivity index (χ3n) is 5.31. The van der Waals surface area contributed by atoms with E-state index in [0.29, 0.717) is 22.7 Å². The number of nitrogens with zero attached hydrogens (tertiary/aromatic N) is 1. The Bertz CT molecular complexity index is 1090. The number of thiophene rings is 1. The molecule has 0 atom stereocenters. The topological polar surface area (TPSA) is 58.6 Å². The van der Waals surface area contributed by atoms with Crippen LogP contribution < -0.4 is 5.32 Å². The molecule has 4 rings (SSSR count). The van der Waals surface area contributed by atoms with Crippen molar-refractivity contribution in [1.29, 1.82) is 0 Å². The van der Waals surface area contributed by atoms with Crippen LogP contribution in [0.15, 0.2) is 54.6 Å². The molecule has 1 aliphatic heterocycles. The van der Waals surface area contributed by atoms with Gasteiger partial charge in [-0.1, -0.05) is 42.5 Å². The van der Waals surface area contributed by atoms with Crippen molar-refractivity contribution < 1.29 is 18.7 Å². The molecule has 0 spiro atoms. The summed E-state index contributed by atoms with van der Waals surface area (Å²) in [5, 5.41) is 3.40. The molecular weight excluding hydrogens is 451 g/mol. The van der Waals surface area contributed by atoms with Crippen molar-refractivity contribution in [3.63, 3.8) is 0 Å². The van der Waals surface area contributed by atoms with Gasteiger partial charge in [0.15, 0.2) is 0 Å². The van der Waals surface area contributed by atoms with Gasteiger partial charge in [0.1, 0.15) is 10.8 Å². The number of hydrogen-bond donors (Lipinski definition) is 1. The predicted octanol–water partition coefficient (Wildman–Crippen LogP) is 4.84. The highest BCUT2D eigenvalue weighted by Crippen LogP contribution is 2.38. The van der Waals surface area contributed by atoms with Crippen molar-refractivity contribution in [3.05, 3.63) is 87.5 Å². The lowest BCUT2D eigenvalue weighted by Gasteiger charge is -2.27. The van der Waals surface area contributed by atoms with Gasteiger partial charge in [-0.05, 0) is 35.2 Å². The van der Waals surface area contributed by atoms with Crippen LogP contribution in [0.4, 0.5) is 9.39 Å². The van der Waals surface area contributed by atoms with Gasteiger partial charge in [-0.25, -0.2) is 9.18 Å². The van der Waals surface area contributed by atoms with Crippen molar-refractivity contribution in [2.45, 2.75) is 25.9 Å². The number of carbonyl (C=O) groups excluding carboxylic acids is 2. The fourth-order valence-electron chi connectivity index (χ4n) is 3.80. The van der Waals surface area contributed by atoms with Crippen LogP contribution in [0.2, 0.25) is 0 Å². The third kappa shape index (κ3) is 5.54. The molecule has 0 aliphatic carbocycles. The standard InChI is InChI=1S/C24H23FN2O3S.ClH/c1-30-24(29)22-19-11-12-27(14-17-5-3-2-4-6-17)15-20(19)31-23(22)26-21(28)13-16-7-9-18(25)10-8-16;/h2-10H,11-15H2,1H3,(H,26,28);1H. The molecule has 0 bridgehead atoms. The van der Waals surface area contributed by atoms with Crippen LogP contribution >= 0.6 is 23.7 Å². The van der Waals surface area contributed by atoms with Crippen LogP contribution in [0.25, 0.3) is 0 Å². The minimum Gasteiger partial charge on any atom is -0.465 e. The van der Waals surface area contributed by atoms with Gasteiger partial charge in [-0.2, -0.15) is 0 Å². The van der Waals surface area contributed by atoms with Gasteiger partial charge in [-0.15, -0.1) is 23.7 Å². The molecule has 1 aliphatic rings. The average Bonchev–Trinajstić information content (AvgIpc) is 3.12. The van der Waals surface area contributed by atoms with Crippen LogP contribution in [0, 0.1) is 5.82 Å². The Morgan fingerprint density at radius 1 is 1.09 bits per heavy atom. The zero-order chi connectivity index (χ0) is 21.8. The van der Waals surface area contributed by atoms with Crippen molar-refractivity contribution >= 4 is 40.6 Å². The number of ether oxygens (including phenoxy) is 1. The second kappa shape index (κ2) is 10.7. The highest BCUT2D eigenvalue weighted by Gasteiger charge is 2.29. The molecule has 0 fully saturated rings. The first-order valence-corrected chi connectivity index (χ1v) is 10.9. The predicted molar refractivity (Wildman–Crippen MR) is 126 cm³/mol. The molecule has 1 N–H and O–H groups in total. The van der Waals surface area contributed by atoms with E-state index in [1.165, 1.54) is 36.1 Å². The lowest BCUT2D eigenvalue weighted by Crippen LogP contribution is -2.29. The molecule has 0 saturated heterocycles. The summed E-state index contributed by atoms with van der Waals surface area (Å²) >= 11 is 1.43. The molecule has 2 heterocycles. The van der Waals surface area contributed by atoms with Crippen LogP contribution in [0.5, 0.6) is 0 Å².